The number of hydrogen-bond donors (Lipinski definition) is 0. The van der Waals surface area contributed by atoms with Gasteiger partial charge in [0, 0.05) is 102 Å². The van der Waals surface area contributed by atoms with E-state index >= 15 is 0 Å². The van der Waals surface area contributed by atoms with Crippen molar-refractivity contribution in [2.75, 3.05) is 29.4 Å². The Labute approximate surface area is 706 Å². The van der Waals surface area contributed by atoms with Crippen LogP contribution >= 0.6 is 0 Å². The quantitative estimate of drug-likeness (QED) is 0.0631. The summed E-state index contributed by atoms with van der Waals surface area (Å²) in [6.45, 7) is 13.0. The maximum Gasteiger partial charge on any atom is 0.0491 e. The zero-order chi connectivity index (χ0) is 81.4. The number of benzene rings is 18. The molecule has 120 heavy (non-hydrogen) atoms. The first kappa shape index (κ1) is 76.1. The molecule has 0 atom stereocenters. The third-order valence-corrected chi connectivity index (χ3v) is 22.8. The fourth-order valence-electron chi connectivity index (χ4n) is 16.3. The van der Waals surface area contributed by atoms with Gasteiger partial charge in [0.2, 0.25) is 0 Å². The summed E-state index contributed by atoms with van der Waals surface area (Å²) in [5.41, 5.74) is 38.3. The van der Waals surface area contributed by atoms with Crippen LogP contribution in [-0.4, -0.2) is 0 Å². The van der Waals surface area contributed by atoms with Gasteiger partial charge in [-0.05, 0) is 327 Å². The molecule has 0 spiro atoms. The molecule has 0 radical (unpaired) electrons. The predicted molar refractivity (Wildman–Crippen MR) is 510 cm³/mol. The summed E-state index contributed by atoms with van der Waals surface area (Å²) >= 11 is 0. The lowest BCUT2D eigenvalue weighted by molar-refractivity contribution is 1.24. The van der Waals surface area contributed by atoms with Crippen LogP contribution in [0.15, 0.2) is 449 Å². The molecule has 0 bridgehead atoms. The number of aryl methyl sites for hydroxylation is 6. The summed E-state index contributed by atoms with van der Waals surface area (Å²) in [4.78, 5) is 14.1. The first-order valence-electron chi connectivity index (χ1n) is 41.3. The molecule has 18 aromatic rings. The maximum atomic E-state index is 2.41. The zero-order valence-electron chi connectivity index (χ0n) is 68.4. The molecule has 0 aliphatic rings. The van der Waals surface area contributed by atoms with E-state index in [1.807, 2.05) is 0 Å². The van der Waals surface area contributed by atoms with Gasteiger partial charge in [-0.3, -0.25) is 0 Å². The fraction of sp³-hybridized carbons (Fsp3) is 0.0526. The molecule has 0 saturated carbocycles. The van der Waals surface area contributed by atoms with E-state index in [4.69, 9.17) is 0 Å². The second-order valence-corrected chi connectivity index (χ2v) is 31.1. The first-order valence-corrected chi connectivity index (χ1v) is 41.3. The van der Waals surface area contributed by atoms with E-state index in [0.29, 0.717) is 0 Å². The molecular formula is C114H92N6. The molecule has 0 aromatic heterocycles. The molecule has 0 aliphatic heterocycles. The molecule has 578 valence electrons. The minimum absolute atomic E-state index is 1.06. The number of hydrogen-bond acceptors (Lipinski definition) is 6. The highest BCUT2D eigenvalue weighted by Gasteiger charge is 2.23. The first-order chi connectivity index (χ1) is 58.9. The maximum absolute atomic E-state index is 2.41. The predicted octanol–water partition coefficient (Wildman–Crippen LogP) is 32.7. The zero-order valence-corrected chi connectivity index (χ0v) is 68.4. The van der Waals surface area contributed by atoms with E-state index in [-0.39, 0.29) is 0 Å². The molecule has 0 unspecified atom stereocenters. The summed E-state index contributed by atoms with van der Waals surface area (Å²) in [7, 11) is 0. The highest BCUT2D eigenvalue weighted by atomic mass is 15.2. The van der Waals surface area contributed by atoms with E-state index < -0.39 is 0 Å². The average Bonchev–Trinajstić information content (AvgIpc) is 0.774. The summed E-state index contributed by atoms with van der Waals surface area (Å²) < 4.78 is 0. The minimum Gasteiger partial charge on any atom is -0.311 e. The van der Waals surface area contributed by atoms with E-state index in [2.05, 4.69) is 520 Å². The van der Waals surface area contributed by atoms with Gasteiger partial charge in [-0.2, -0.15) is 0 Å². The van der Waals surface area contributed by atoms with Gasteiger partial charge in [-0.25, -0.2) is 0 Å². The highest BCUT2D eigenvalue weighted by Crippen LogP contribution is 2.47. The molecule has 18 aromatic carbocycles. The largest absolute Gasteiger partial charge is 0.311 e. The van der Waals surface area contributed by atoms with E-state index in [1.54, 1.807) is 0 Å². The molecule has 0 heterocycles. The average molecular weight is 1550 g/mol. The molecule has 0 saturated heterocycles. The van der Waals surface area contributed by atoms with Crippen molar-refractivity contribution in [3.63, 3.8) is 0 Å². The monoisotopic (exact) mass is 1540 g/mol. The van der Waals surface area contributed by atoms with Crippen LogP contribution in [0.3, 0.4) is 0 Å². The lowest BCUT2D eigenvalue weighted by Crippen LogP contribution is -2.12. The summed E-state index contributed by atoms with van der Waals surface area (Å²) in [6.07, 6.45) is 0. The van der Waals surface area contributed by atoms with Crippen molar-refractivity contribution in [3.05, 3.63) is 482 Å². The van der Waals surface area contributed by atoms with Gasteiger partial charge in [0.15, 0.2) is 0 Å². The topological polar surface area (TPSA) is 19.4 Å². The van der Waals surface area contributed by atoms with Crippen LogP contribution in [0.2, 0.25) is 0 Å². The van der Waals surface area contributed by atoms with Crippen LogP contribution in [0.25, 0.3) is 55.6 Å². The van der Waals surface area contributed by atoms with Crippen LogP contribution in [-0.2, 0) is 0 Å². The van der Waals surface area contributed by atoms with Crippen molar-refractivity contribution in [3.8, 4) is 55.6 Å². The molecule has 0 amide bonds. The Balaban J connectivity index is 0.669. The Kier molecular flexibility index (Phi) is 21.7. The molecule has 0 N–H and O–H groups in total. The lowest BCUT2D eigenvalue weighted by Gasteiger charge is -2.29. The van der Waals surface area contributed by atoms with Crippen LogP contribution in [0, 0.1) is 41.5 Å². The van der Waals surface area contributed by atoms with Gasteiger partial charge >= 0.3 is 0 Å². The second-order valence-electron chi connectivity index (χ2n) is 31.1. The van der Waals surface area contributed by atoms with Gasteiger partial charge in [0.05, 0.1) is 0 Å². The molecular weight excluding hydrogens is 1450 g/mol. The molecule has 0 fully saturated rings. The van der Waals surface area contributed by atoms with Crippen LogP contribution in [0.5, 0.6) is 0 Å². The van der Waals surface area contributed by atoms with Gasteiger partial charge in [0.1, 0.15) is 0 Å². The number of nitrogens with zero attached hydrogens (tertiary/aromatic N) is 6. The molecule has 6 nitrogen and oxygen atoms in total. The van der Waals surface area contributed by atoms with Crippen molar-refractivity contribution in [1.29, 1.82) is 0 Å². The van der Waals surface area contributed by atoms with Crippen LogP contribution in [0.1, 0.15) is 33.4 Å². The van der Waals surface area contributed by atoms with Crippen molar-refractivity contribution in [2.24, 2.45) is 0 Å². The van der Waals surface area contributed by atoms with Gasteiger partial charge < -0.3 is 29.4 Å². The lowest BCUT2D eigenvalue weighted by atomic mass is 9.98. The Bertz CT molecular complexity index is 5710. The van der Waals surface area contributed by atoms with Crippen LogP contribution < -0.4 is 29.4 Å². The summed E-state index contributed by atoms with van der Waals surface area (Å²) in [5.74, 6) is 0. The van der Waals surface area contributed by atoms with Crippen molar-refractivity contribution in [1.82, 2.24) is 0 Å². The number of rotatable bonds is 23. The van der Waals surface area contributed by atoms with Gasteiger partial charge in [-0.15, -0.1) is 0 Å². The third-order valence-electron chi connectivity index (χ3n) is 22.8. The SMILES string of the molecule is Cc1ccc(N(c2ccccc2)c2ccc(-c3ccc(N(c4ccc(-c5ccc(N(c6ccccc6)c6ccc(C)cc6)cc5)cc4)c4ccc(-c5ccc(N(c6ccc(-c7ccc(N(c8ccccc8)c8ccc(C)cc8)cc7)cc6)c6ccc(-c7ccc(N(c8ccccc8)c8ccc(C)cc8)cc7)cc6)c(C)c5)cc4C)cc3)cc2)cc1. The summed E-state index contributed by atoms with van der Waals surface area (Å²) in [6, 6.07) is 163. The number of para-hydroxylation sites is 4. The smallest absolute Gasteiger partial charge is 0.0491 e. The molecule has 6 heteroatoms. The standard InChI is InChI=1S/C114H92N6/c1-81-27-53-101(54-28-81)115(97-19-11-7-12-20-97)105-61-35-87(36-62-105)91-43-69-109(70-44-91)119(110-71-45-92(46-72-110)88-37-63-106(64-38-88)116(98-21-13-8-14-22-98)102-55-29-82(2)30-56-102)113-77-51-95(79-85(113)5)96-52-78-114(86(6)80-96)120(111-73-47-93(48-74-111)89-39-65-107(66-40-89)117(99-23-15-9-16-24-99)103-57-31-83(3)32-58-103)112-75-49-94(50-76-112)90-41-67-108(68-42-90)118(100-25-17-10-18-26-100)104-59-33-84(4)34-60-104/h7-80H,1-6H3. The Hall–Kier alpha value is -15.2. The number of anilines is 18. The fourth-order valence-corrected chi connectivity index (χ4v) is 16.3. The van der Waals surface area contributed by atoms with E-state index in [9.17, 15) is 0 Å². The Morgan fingerprint density at radius 3 is 0.408 bits per heavy atom. The Morgan fingerprint density at radius 1 is 0.117 bits per heavy atom. The van der Waals surface area contributed by atoms with Crippen molar-refractivity contribution >= 4 is 102 Å². The summed E-state index contributed by atoms with van der Waals surface area (Å²) in [5, 5.41) is 0. The van der Waals surface area contributed by atoms with E-state index in [0.717, 1.165) is 169 Å². The highest BCUT2D eigenvalue weighted by molar-refractivity contribution is 5.89. The van der Waals surface area contributed by atoms with Crippen molar-refractivity contribution < 1.29 is 0 Å². The molecule has 0 aliphatic carbocycles. The van der Waals surface area contributed by atoms with E-state index in [1.165, 1.54) is 22.3 Å². The Morgan fingerprint density at radius 2 is 0.250 bits per heavy atom. The van der Waals surface area contributed by atoms with Crippen LogP contribution in [0.4, 0.5) is 102 Å². The minimum atomic E-state index is 1.06. The van der Waals surface area contributed by atoms with Crippen molar-refractivity contribution in [2.45, 2.75) is 41.5 Å². The molecule has 18 rings (SSSR count). The second kappa shape index (κ2) is 34.3. The normalized spacial score (nSPS) is 11.1. The van der Waals surface area contributed by atoms with Gasteiger partial charge in [-0.1, -0.05) is 253 Å². The van der Waals surface area contributed by atoms with Gasteiger partial charge in [0.25, 0.3) is 0 Å². The third kappa shape index (κ3) is 16.4.